The maximum Gasteiger partial charge on any atom is 0.200 e. The molecule has 0 fully saturated rings. The minimum Gasteiger partial charge on any atom is -0.465 e. The van der Waals surface area contributed by atoms with Crippen molar-refractivity contribution in [1.29, 1.82) is 0 Å². The van der Waals surface area contributed by atoms with Crippen LogP contribution in [0.2, 0.25) is 0 Å². The summed E-state index contributed by atoms with van der Waals surface area (Å²) in [5.74, 6) is 0.695. The summed E-state index contributed by atoms with van der Waals surface area (Å²) in [5.41, 5.74) is 0. The predicted octanol–water partition coefficient (Wildman–Crippen LogP) is 2.26. The van der Waals surface area contributed by atoms with Gasteiger partial charge in [-0.3, -0.25) is 0 Å². The van der Waals surface area contributed by atoms with Crippen molar-refractivity contribution in [2.75, 3.05) is 7.11 Å². The highest BCUT2D eigenvalue weighted by molar-refractivity contribution is 5.52. The molecule has 2 unspecified atom stereocenters. The van der Waals surface area contributed by atoms with Gasteiger partial charge in [0, 0.05) is 19.4 Å². The summed E-state index contributed by atoms with van der Waals surface area (Å²) >= 11 is 0. The first-order valence-corrected chi connectivity index (χ1v) is 4.96. The van der Waals surface area contributed by atoms with Gasteiger partial charge in [-0.1, -0.05) is 25.1 Å². The largest absolute Gasteiger partial charge is 0.465 e. The first-order chi connectivity index (χ1) is 7.26. The maximum atomic E-state index is 10.5. The Balaban J connectivity index is 2.50. The zero-order chi connectivity index (χ0) is 11.1. The fraction of sp³-hybridized carbons (Fsp3) is 0.417. The molecule has 0 radical (unpaired) electrons. The third-order valence-electron chi connectivity index (χ3n) is 2.07. The van der Waals surface area contributed by atoms with E-state index in [1.54, 1.807) is 7.11 Å². The van der Waals surface area contributed by atoms with Gasteiger partial charge in [0.15, 0.2) is 6.29 Å². The van der Waals surface area contributed by atoms with Crippen LogP contribution >= 0.6 is 0 Å². The molecule has 1 aromatic rings. The molecule has 3 nitrogen and oxygen atoms in total. The van der Waals surface area contributed by atoms with E-state index in [-0.39, 0.29) is 12.2 Å². The lowest BCUT2D eigenvalue weighted by molar-refractivity contribution is -0.115. The van der Waals surface area contributed by atoms with E-state index in [0.29, 0.717) is 6.42 Å². The number of para-hydroxylation sites is 1. The molecule has 0 N–H and O–H groups in total. The van der Waals surface area contributed by atoms with Crippen LogP contribution in [0.5, 0.6) is 5.75 Å². The second kappa shape index (κ2) is 6.19. The first-order valence-electron chi connectivity index (χ1n) is 4.96. The average molecular weight is 208 g/mol. The normalized spacial score (nSPS) is 14.3. The van der Waals surface area contributed by atoms with Crippen molar-refractivity contribution in [2.24, 2.45) is 5.92 Å². The summed E-state index contributed by atoms with van der Waals surface area (Å²) in [6.07, 6.45) is 1.10. The number of aldehydes is 1. The topological polar surface area (TPSA) is 35.5 Å². The summed E-state index contributed by atoms with van der Waals surface area (Å²) in [5, 5.41) is 0. The molecular formula is C12H16O3. The van der Waals surface area contributed by atoms with Crippen LogP contribution in [0.1, 0.15) is 13.3 Å². The molecule has 0 aliphatic heterocycles. The van der Waals surface area contributed by atoms with E-state index in [1.807, 2.05) is 37.3 Å². The summed E-state index contributed by atoms with van der Waals surface area (Å²) in [4.78, 5) is 10.5. The Morgan fingerprint density at radius 1 is 1.33 bits per heavy atom. The van der Waals surface area contributed by atoms with Crippen LogP contribution in [-0.4, -0.2) is 19.7 Å². The van der Waals surface area contributed by atoms with Gasteiger partial charge in [0.25, 0.3) is 0 Å². The molecule has 1 rings (SSSR count). The summed E-state index contributed by atoms with van der Waals surface area (Å²) in [6, 6.07) is 9.42. The van der Waals surface area contributed by atoms with Crippen molar-refractivity contribution in [3.8, 4) is 5.75 Å². The highest BCUT2D eigenvalue weighted by Crippen LogP contribution is 2.15. The SMILES string of the molecule is COC(CC(C)C=O)Oc1ccccc1. The number of carbonyl (C=O) groups is 1. The van der Waals surface area contributed by atoms with E-state index >= 15 is 0 Å². The average Bonchev–Trinajstić information content (AvgIpc) is 2.29. The van der Waals surface area contributed by atoms with Crippen molar-refractivity contribution < 1.29 is 14.3 Å². The number of benzene rings is 1. The van der Waals surface area contributed by atoms with Crippen LogP contribution in [-0.2, 0) is 9.53 Å². The molecule has 0 aliphatic carbocycles. The number of rotatable bonds is 6. The van der Waals surface area contributed by atoms with E-state index < -0.39 is 0 Å². The summed E-state index contributed by atoms with van der Waals surface area (Å²) in [7, 11) is 1.57. The molecule has 3 heteroatoms. The molecule has 82 valence electrons. The lowest BCUT2D eigenvalue weighted by Gasteiger charge is -2.18. The lowest BCUT2D eigenvalue weighted by atomic mass is 10.1. The van der Waals surface area contributed by atoms with Crippen LogP contribution in [0.15, 0.2) is 30.3 Å². The van der Waals surface area contributed by atoms with E-state index in [1.165, 1.54) is 0 Å². The van der Waals surface area contributed by atoms with Gasteiger partial charge in [0.05, 0.1) is 0 Å². The number of methoxy groups -OCH3 is 1. The number of carbonyl (C=O) groups excluding carboxylic acids is 1. The van der Waals surface area contributed by atoms with Gasteiger partial charge in [0.2, 0.25) is 0 Å². The molecule has 0 saturated carbocycles. The molecule has 15 heavy (non-hydrogen) atoms. The van der Waals surface area contributed by atoms with Crippen molar-refractivity contribution in [1.82, 2.24) is 0 Å². The summed E-state index contributed by atoms with van der Waals surface area (Å²) in [6.45, 7) is 1.84. The molecule has 0 aliphatic rings. The smallest absolute Gasteiger partial charge is 0.200 e. The molecule has 0 heterocycles. The van der Waals surface area contributed by atoms with Crippen LogP contribution in [0, 0.1) is 5.92 Å². The van der Waals surface area contributed by atoms with Gasteiger partial charge < -0.3 is 14.3 Å². The van der Waals surface area contributed by atoms with E-state index in [2.05, 4.69) is 0 Å². The molecule has 2 atom stereocenters. The van der Waals surface area contributed by atoms with Crippen molar-refractivity contribution in [3.63, 3.8) is 0 Å². The Kier molecular flexibility index (Phi) is 4.84. The number of ether oxygens (including phenoxy) is 2. The molecule has 0 aromatic heterocycles. The second-order valence-corrected chi connectivity index (χ2v) is 3.45. The Hall–Kier alpha value is -1.35. The van der Waals surface area contributed by atoms with E-state index in [4.69, 9.17) is 9.47 Å². The number of hydrogen-bond acceptors (Lipinski definition) is 3. The van der Waals surface area contributed by atoms with Gasteiger partial charge in [-0.2, -0.15) is 0 Å². The zero-order valence-electron chi connectivity index (χ0n) is 9.05. The molecule has 0 amide bonds. The first kappa shape index (κ1) is 11.7. The third kappa shape index (κ3) is 4.13. The Labute approximate surface area is 90.0 Å². The Morgan fingerprint density at radius 3 is 2.53 bits per heavy atom. The van der Waals surface area contributed by atoms with Crippen molar-refractivity contribution in [2.45, 2.75) is 19.6 Å². The minimum atomic E-state index is -0.368. The lowest BCUT2D eigenvalue weighted by Crippen LogP contribution is -2.22. The Morgan fingerprint density at radius 2 is 2.00 bits per heavy atom. The zero-order valence-corrected chi connectivity index (χ0v) is 9.05. The molecule has 0 saturated heterocycles. The predicted molar refractivity (Wildman–Crippen MR) is 57.7 cm³/mol. The van der Waals surface area contributed by atoms with Crippen LogP contribution in [0.25, 0.3) is 0 Å². The fourth-order valence-corrected chi connectivity index (χ4v) is 1.20. The quantitative estimate of drug-likeness (QED) is 0.531. The molecule has 0 bridgehead atoms. The van der Waals surface area contributed by atoms with Gasteiger partial charge in [-0.05, 0) is 12.1 Å². The van der Waals surface area contributed by atoms with Crippen LogP contribution in [0.3, 0.4) is 0 Å². The highest BCUT2D eigenvalue weighted by Gasteiger charge is 2.13. The standard InChI is InChI=1S/C12H16O3/c1-10(9-13)8-12(14-2)15-11-6-4-3-5-7-11/h3-7,9-10,12H,8H2,1-2H3. The molecule has 1 aromatic carbocycles. The van der Waals surface area contributed by atoms with Crippen molar-refractivity contribution in [3.05, 3.63) is 30.3 Å². The monoisotopic (exact) mass is 208 g/mol. The fourth-order valence-electron chi connectivity index (χ4n) is 1.20. The van der Waals surface area contributed by atoms with E-state index in [9.17, 15) is 4.79 Å². The van der Waals surface area contributed by atoms with E-state index in [0.717, 1.165) is 12.0 Å². The number of hydrogen-bond donors (Lipinski definition) is 0. The van der Waals surface area contributed by atoms with Gasteiger partial charge >= 0.3 is 0 Å². The Bertz CT molecular complexity index is 284. The van der Waals surface area contributed by atoms with Crippen molar-refractivity contribution >= 4 is 6.29 Å². The maximum absolute atomic E-state index is 10.5. The third-order valence-corrected chi connectivity index (χ3v) is 2.07. The van der Waals surface area contributed by atoms with Gasteiger partial charge in [-0.25, -0.2) is 0 Å². The van der Waals surface area contributed by atoms with Crippen LogP contribution in [0.4, 0.5) is 0 Å². The molecule has 0 spiro atoms. The highest BCUT2D eigenvalue weighted by atomic mass is 16.7. The second-order valence-electron chi connectivity index (χ2n) is 3.45. The van der Waals surface area contributed by atoms with Gasteiger partial charge in [0.1, 0.15) is 12.0 Å². The van der Waals surface area contributed by atoms with Gasteiger partial charge in [-0.15, -0.1) is 0 Å². The summed E-state index contributed by atoms with van der Waals surface area (Å²) < 4.78 is 10.7. The van der Waals surface area contributed by atoms with Crippen LogP contribution < -0.4 is 4.74 Å². The minimum absolute atomic E-state index is 0.0568. The molecular weight excluding hydrogens is 192 g/mol.